The normalized spacial score (nSPS) is 47.9. The zero-order valence-electron chi connectivity index (χ0n) is 10.4. The molecule has 2 heteroatoms. The highest BCUT2D eigenvalue weighted by molar-refractivity contribution is 5.95. The summed E-state index contributed by atoms with van der Waals surface area (Å²) in [6.07, 6.45) is 1.93. The van der Waals surface area contributed by atoms with E-state index in [4.69, 9.17) is 0 Å². The number of carbonyl (C=O) groups is 1. The number of carbonyl (C=O) groups excluding carboxylic acids is 1. The Morgan fingerprint density at radius 1 is 1.33 bits per heavy atom. The Labute approximate surface area is 92.1 Å². The maximum absolute atomic E-state index is 12.3. The first-order valence-corrected chi connectivity index (χ1v) is 5.96. The fourth-order valence-corrected chi connectivity index (χ4v) is 4.10. The van der Waals surface area contributed by atoms with E-state index in [0.29, 0.717) is 0 Å². The van der Waals surface area contributed by atoms with Crippen molar-refractivity contribution in [3.63, 3.8) is 0 Å². The molecule has 3 atom stereocenters. The van der Waals surface area contributed by atoms with Gasteiger partial charge < -0.3 is 5.11 Å². The topological polar surface area (TPSA) is 37.3 Å². The van der Waals surface area contributed by atoms with E-state index in [9.17, 15) is 9.90 Å². The third kappa shape index (κ3) is 0.885. The molecule has 0 spiro atoms. The van der Waals surface area contributed by atoms with Gasteiger partial charge in [0.15, 0.2) is 5.78 Å². The van der Waals surface area contributed by atoms with Gasteiger partial charge in [-0.2, -0.15) is 0 Å². The van der Waals surface area contributed by atoms with Crippen molar-refractivity contribution < 1.29 is 9.90 Å². The van der Waals surface area contributed by atoms with Gasteiger partial charge in [0.2, 0.25) is 0 Å². The van der Waals surface area contributed by atoms with Crippen LogP contribution < -0.4 is 0 Å². The number of rotatable bonds is 1. The molecule has 2 aliphatic carbocycles. The van der Waals surface area contributed by atoms with Crippen LogP contribution in [0.1, 0.15) is 47.5 Å². The molecule has 0 amide bonds. The van der Waals surface area contributed by atoms with E-state index in [1.165, 1.54) is 0 Å². The molecule has 0 heterocycles. The lowest BCUT2D eigenvalue weighted by Gasteiger charge is -2.46. The molecule has 0 aromatic carbocycles. The highest BCUT2D eigenvalue weighted by Crippen LogP contribution is 2.69. The fraction of sp³-hybridized carbons (Fsp3) is 0.923. The van der Waals surface area contributed by atoms with E-state index in [-0.39, 0.29) is 28.4 Å². The maximum Gasteiger partial charge on any atom is 0.168 e. The van der Waals surface area contributed by atoms with Gasteiger partial charge in [0.25, 0.3) is 0 Å². The van der Waals surface area contributed by atoms with Crippen LogP contribution in [0.15, 0.2) is 0 Å². The highest BCUT2D eigenvalue weighted by Gasteiger charge is 2.74. The van der Waals surface area contributed by atoms with Crippen molar-refractivity contribution in [3.8, 4) is 0 Å². The molecule has 0 aromatic rings. The number of hydrogen-bond acceptors (Lipinski definition) is 2. The van der Waals surface area contributed by atoms with Gasteiger partial charge in [-0.25, -0.2) is 0 Å². The van der Waals surface area contributed by atoms with E-state index in [1.54, 1.807) is 0 Å². The lowest BCUT2D eigenvalue weighted by Crippen LogP contribution is -2.55. The summed E-state index contributed by atoms with van der Waals surface area (Å²) in [7, 11) is 0. The van der Waals surface area contributed by atoms with Gasteiger partial charge in [0, 0.05) is 11.3 Å². The molecule has 86 valence electrons. The SMILES string of the molecule is CC(C)C1(O)C(=O)C2CCC1(C)C2(C)C. The van der Waals surface area contributed by atoms with Crippen LogP contribution in [0.5, 0.6) is 0 Å². The molecule has 2 saturated carbocycles. The first-order valence-electron chi connectivity index (χ1n) is 5.96. The predicted octanol–water partition coefficient (Wildman–Crippen LogP) is 2.40. The van der Waals surface area contributed by atoms with Gasteiger partial charge in [-0.3, -0.25) is 4.79 Å². The summed E-state index contributed by atoms with van der Waals surface area (Å²) in [4.78, 5) is 12.3. The number of aliphatic hydroxyl groups is 1. The summed E-state index contributed by atoms with van der Waals surface area (Å²) in [5, 5.41) is 10.8. The number of ketones is 1. The first kappa shape index (κ1) is 11.1. The second-order valence-corrected chi connectivity index (χ2v) is 6.43. The maximum atomic E-state index is 12.3. The van der Waals surface area contributed by atoms with Gasteiger partial charge >= 0.3 is 0 Å². The second kappa shape index (κ2) is 2.65. The second-order valence-electron chi connectivity index (χ2n) is 6.43. The van der Waals surface area contributed by atoms with Crippen molar-refractivity contribution in [2.45, 2.75) is 53.1 Å². The van der Waals surface area contributed by atoms with Crippen LogP contribution in [-0.2, 0) is 4.79 Å². The third-order valence-corrected chi connectivity index (χ3v) is 5.60. The Bertz CT molecular complexity index is 318. The van der Waals surface area contributed by atoms with Crippen LogP contribution in [0.2, 0.25) is 0 Å². The Morgan fingerprint density at radius 3 is 2.13 bits per heavy atom. The molecule has 2 nitrogen and oxygen atoms in total. The van der Waals surface area contributed by atoms with Crippen molar-refractivity contribution >= 4 is 5.78 Å². The Morgan fingerprint density at radius 2 is 1.87 bits per heavy atom. The van der Waals surface area contributed by atoms with Crippen LogP contribution in [0.25, 0.3) is 0 Å². The van der Waals surface area contributed by atoms with E-state index < -0.39 is 5.60 Å². The Hall–Kier alpha value is -0.370. The van der Waals surface area contributed by atoms with E-state index in [0.717, 1.165) is 12.8 Å². The molecule has 1 N–H and O–H groups in total. The zero-order valence-corrected chi connectivity index (χ0v) is 10.4. The summed E-state index contributed by atoms with van der Waals surface area (Å²) >= 11 is 0. The van der Waals surface area contributed by atoms with Crippen molar-refractivity contribution in [2.75, 3.05) is 0 Å². The zero-order chi connectivity index (χ0) is 11.6. The largest absolute Gasteiger partial charge is 0.381 e. The molecule has 0 aromatic heterocycles. The van der Waals surface area contributed by atoms with Crippen LogP contribution in [0.3, 0.4) is 0 Å². The summed E-state index contributed by atoms with van der Waals surface area (Å²) in [5.41, 5.74) is -1.39. The number of fused-ring (bicyclic) bond motifs is 2. The molecule has 2 aliphatic rings. The van der Waals surface area contributed by atoms with Crippen molar-refractivity contribution in [2.24, 2.45) is 22.7 Å². The standard InChI is InChI=1S/C13H22O2/c1-8(2)13(15)10(14)9-6-7-12(13,5)11(9,3)4/h8-9,15H,6-7H2,1-5H3. The van der Waals surface area contributed by atoms with Gasteiger partial charge in [0.1, 0.15) is 5.60 Å². The molecular weight excluding hydrogens is 188 g/mol. The van der Waals surface area contributed by atoms with Crippen LogP contribution >= 0.6 is 0 Å². The predicted molar refractivity (Wildman–Crippen MR) is 59.4 cm³/mol. The number of Topliss-reactive ketones (excluding diaryl/α,β-unsaturated/α-hetero) is 1. The van der Waals surface area contributed by atoms with E-state index in [1.807, 2.05) is 13.8 Å². The molecular formula is C13H22O2. The Balaban J connectivity index is 2.59. The van der Waals surface area contributed by atoms with Crippen LogP contribution in [-0.4, -0.2) is 16.5 Å². The van der Waals surface area contributed by atoms with E-state index >= 15 is 0 Å². The van der Waals surface area contributed by atoms with Gasteiger partial charge in [-0.05, 0) is 24.2 Å². The quantitative estimate of drug-likeness (QED) is 0.721. The summed E-state index contributed by atoms with van der Waals surface area (Å²) in [5.74, 6) is 0.172. The highest BCUT2D eigenvalue weighted by atomic mass is 16.3. The summed E-state index contributed by atoms with van der Waals surface area (Å²) < 4.78 is 0. The van der Waals surface area contributed by atoms with Gasteiger partial charge in [-0.1, -0.05) is 34.6 Å². The molecule has 0 saturated heterocycles. The first-order chi connectivity index (χ1) is 6.69. The average molecular weight is 210 g/mol. The minimum atomic E-state index is -1.10. The van der Waals surface area contributed by atoms with Crippen LogP contribution in [0, 0.1) is 22.7 Å². The molecule has 2 bridgehead atoms. The third-order valence-electron chi connectivity index (χ3n) is 5.60. The van der Waals surface area contributed by atoms with Crippen molar-refractivity contribution in [1.29, 1.82) is 0 Å². The molecule has 3 unspecified atom stereocenters. The van der Waals surface area contributed by atoms with Crippen molar-refractivity contribution in [1.82, 2.24) is 0 Å². The lowest BCUT2D eigenvalue weighted by molar-refractivity contribution is -0.160. The monoisotopic (exact) mass is 210 g/mol. The fourth-order valence-electron chi connectivity index (χ4n) is 4.10. The average Bonchev–Trinajstić information content (AvgIpc) is 2.40. The number of hydrogen-bond donors (Lipinski definition) is 1. The van der Waals surface area contributed by atoms with Gasteiger partial charge in [-0.15, -0.1) is 0 Å². The molecule has 0 aliphatic heterocycles. The van der Waals surface area contributed by atoms with Gasteiger partial charge in [0.05, 0.1) is 0 Å². The van der Waals surface area contributed by atoms with Crippen molar-refractivity contribution in [3.05, 3.63) is 0 Å². The lowest BCUT2D eigenvalue weighted by atomic mass is 9.61. The molecule has 2 fully saturated rings. The molecule has 15 heavy (non-hydrogen) atoms. The Kier molecular flexibility index (Phi) is 1.97. The van der Waals surface area contributed by atoms with Crippen LogP contribution in [0.4, 0.5) is 0 Å². The summed E-state index contributed by atoms with van der Waals surface area (Å²) in [6, 6.07) is 0. The minimum absolute atomic E-state index is 0.0135. The minimum Gasteiger partial charge on any atom is -0.381 e. The van der Waals surface area contributed by atoms with E-state index in [2.05, 4.69) is 20.8 Å². The molecule has 2 rings (SSSR count). The summed E-state index contributed by atoms with van der Waals surface area (Å²) in [6.45, 7) is 10.3. The molecule has 0 radical (unpaired) electrons. The smallest absolute Gasteiger partial charge is 0.168 e.